The first-order valence-corrected chi connectivity index (χ1v) is 4.91. The predicted octanol–water partition coefficient (Wildman–Crippen LogP) is 1.83. The lowest BCUT2D eigenvalue weighted by Gasteiger charge is -2.08. The maximum Gasteiger partial charge on any atom is 0.0786 e. The third kappa shape index (κ3) is 0.959. The van der Waals surface area contributed by atoms with Crippen molar-refractivity contribution >= 4 is 16.4 Å². The van der Waals surface area contributed by atoms with Crippen LogP contribution in [0, 0.1) is 4.78 Å². The molecular formula is C8H10N2S. The highest BCUT2D eigenvalue weighted by Crippen LogP contribution is 2.29. The van der Waals surface area contributed by atoms with Gasteiger partial charge in [0.2, 0.25) is 0 Å². The third-order valence-electron chi connectivity index (χ3n) is 1.86. The van der Waals surface area contributed by atoms with Crippen molar-refractivity contribution in [3.05, 3.63) is 24.3 Å². The van der Waals surface area contributed by atoms with E-state index in [1.165, 1.54) is 10.6 Å². The van der Waals surface area contributed by atoms with E-state index in [0.717, 1.165) is 5.88 Å². The second-order valence-electron chi connectivity index (χ2n) is 2.69. The predicted molar refractivity (Wildman–Crippen MR) is 48.1 cm³/mol. The number of para-hydroxylation sites is 1. The normalized spacial score (nSPS) is 21.9. The Morgan fingerprint density at radius 3 is 2.91 bits per heavy atom. The molecule has 1 heterocycles. The van der Waals surface area contributed by atoms with Crippen LogP contribution >= 0.6 is 0 Å². The summed E-state index contributed by atoms with van der Waals surface area (Å²) in [4.78, 5) is 3.33. The van der Waals surface area contributed by atoms with Gasteiger partial charge in [-0.05, 0) is 12.1 Å². The third-order valence-corrected chi connectivity index (χ3v) is 3.39. The van der Waals surface area contributed by atoms with E-state index < -0.39 is 0 Å². The number of fused-ring (bicyclic) bond motifs is 1. The van der Waals surface area contributed by atoms with Gasteiger partial charge in [0.05, 0.1) is 11.6 Å². The summed E-state index contributed by atoms with van der Waals surface area (Å²) in [5.41, 5.74) is 1.23. The van der Waals surface area contributed by atoms with E-state index in [9.17, 15) is 0 Å². The van der Waals surface area contributed by atoms with E-state index in [1.807, 2.05) is 19.2 Å². The highest BCUT2D eigenvalue weighted by molar-refractivity contribution is 7.86. The van der Waals surface area contributed by atoms with Crippen LogP contribution in [-0.2, 0) is 10.7 Å². The molecular weight excluding hydrogens is 156 g/mol. The molecule has 1 aliphatic heterocycles. The average Bonchev–Trinajstić information content (AvgIpc) is 2.30. The molecule has 2 rings (SSSR count). The largest absolute Gasteiger partial charge is 0.363 e. The molecule has 0 aliphatic carbocycles. The van der Waals surface area contributed by atoms with E-state index in [4.69, 9.17) is 4.78 Å². The van der Waals surface area contributed by atoms with Crippen LogP contribution in [0.15, 0.2) is 29.2 Å². The standard InChI is InChI=1S/C8H10N2S/c1-10-6-11(9)8-5-3-2-4-7(8)10/h2-5,9H,6H2,1H3. The summed E-state index contributed by atoms with van der Waals surface area (Å²) in [6.45, 7) is 0. The van der Waals surface area contributed by atoms with Crippen LogP contribution in [0.1, 0.15) is 0 Å². The highest BCUT2D eigenvalue weighted by Gasteiger charge is 2.17. The molecule has 0 spiro atoms. The Labute approximate surface area is 68.7 Å². The molecule has 1 N–H and O–H groups in total. The maximum absolute atomic E-state index is 7.73. The molecule has 1 aliphatic rings. The second kappa shape index (κ2) is 2.34. The topological polar surface area (TPSA) is 27.1 Å². The van der Waals surface area contributed by atoms with E-state index >= 15 is 0 Å². The van der Waals surface area contributed by atoms with Crippen molar-refractivity contribution in [3.8, 4) is 0 Å². The van der Waals surface area contributed by atoms with Gasteiger partial charge < -0.3 is 4.90 Å². The van der Waals surface area contributed by atoms with Crippen LogP contribution in [0.25, 0.3) is 0 Å². The minimum Gasteiger partial charge on any atom is -0.363 e. The van der Waals surface area contributed by atoms with Crippen LogP contribution in [0.2, 0.25) is 0 Å². The molecule has 0 saturated carbocycles. The smallest absolute Gasteiger partial charge is 0.0786 e. The average molecular weight is 166 g/mol. The van der Waals surface area contributed by atoms with Crippen molar-refractivity contribution in [1.29, 1.82) is 4.78 Å². The number of nitrogens with one attached hydrogen (secondary N) is 1. The quantitative estimate of drug-likeness (QED) is 0.625. The van der Waals surface area contributed by atoms with Gasteiger partial charge in [-0.25, -0.2) is 0 Å². The van der Waals surface area contributed by atoms with Crippen LogP contribution in [0.3, 0.4) is 0 Å². The molecule has 0 amide bonds. The lowest BCUT2D eigenvalue weighted by Crippen LogP contribution is -2.13. The fourth-order valence-corrected chi connectivity index (χ4v) is 2.70. The van der Waals surface area contributed by atoms with E-state index in [1.54, 1.807) is 0 Å². The highest BCUT2D eigenvalue weighted by atomic mass is 32.2. The number of hydrogen-bond acceptors (Lipinski definition) is 2. The first-order valence-electron chi connectivity index (χ1n) is 3.51. The zero-order chi connectivity index (χ0) is 7.84. The summed E-state index contributed by atoms with van der Waals surface area (Å²) in [5, 5.41) is 0. The molecule has 1 unspecified atom stereocenters. The minimum absolute atomic E-state index is 0.302. The maximum atomic E-state index is 7.73. The summed E-state index contributed by atoms with van der Waals surface area (Å²) in [6, 6.07) is 8.16. The molecule has 0 fully saturated rings. The number of rotatable bonds is 0. The van der Waals surface area contributed by atoms with Gasteiger partial charge in [-0.3, -0.25) is 4.78 Å². The fraction of sp³-hybridized carbons (Fsp3) is 0.250. The molecule has 0 aromatic heterocycles. The molecule has 2 nitrogen and oxygen atoms in total. The van der Waals surface area contributed by atoms with Gasteiger partial charge in [0.15, 0.2) is 0 Å². The molecule has 58 valence electrons. The lowest BCUT2D eigenvalue weighted by atomic mass is 10.3. The molecule has 3 heteroatoms. The van der Waals surface area contributed by atoms with Gasteiger partial charge in [-0.2, -0.15) is 0 Å². The van der Waals surface area contributed by atoms with Gasteiger partial charge in [-0.15, -0.1) is 0 Å². The molecule has 1 atom stereocenters. The number of anilines is 1. The summed E-state index contributed by atoms with van der Waals surface area (Å²) >= 11 is 0. The number of nitrogens with zero attached hydrogens (tertiary/aromatic N) is 1. The van der Waals surface area contributed by atoms with Crippen molar-refractivity contribution in [2.75, 3.05) is 17.8 Å². The van der Waals surface area contributed by atoms with Crippen LogP contribution < -0.4 is 4.90 Å². The van der Waals surface area contributed by atoms with Gasteiger partial charge in [0, 0.05) is 11.9 Å². The first kappa shape index (κ1) is 6.85. The van der Waals surface area contributed by atoms with Crippen molar-refractivity contribution in [2.45, 2.75) is 4.90 Å². The number of hydrogen-bond donors (Lipinski definition) is 1. The molecule has 1 aromatic carbocycles. The monoisotopic (exact) mass is 166 g/mol. The molecule has 0 saturated heterocycles. The number of benzene rings is 1. The van der Waals surface area contributed by atoms with Crippen LogP contribution in [-0.4, -0.2) is 12.9 Å². The van der Waals surface area contributed by atoms with Gasteiger partial charge >= 0.3 is 0 Å². The Morgan fingerprint density at radius 1 is 1.45 bits per heavy atom. The molecule has 0 radical (unpaired) electrons. The molecule has 0 bridgehead atoms. The van der Waals surface area contributed by atoms with E-state index in [2.05, 4.69) is 17.0 Å². The van der Waals surface area contributed by atoms with Crippen molar-refractivity contribution in [2.24, 2.45) is 0 Å². The Bertz CT molecular complexity index is 309. The molecule has 1 aromatic rings. The fourth-order valence-electron chi connectivity index (χ4n) is 1.31. The SMILES string of the molecule is CN1CS(=N)c2ccccc21. The van der Waals surface area contributed by atoms with Crippen LogP contribution in [0.5, 0.6) is 0 Å². The minimum atomic E-state index is -0.302. The Balaban J connectivity index is 2.60. The van der Waals surface area contributed by atoms with Crippen molar-refractivity contribution in [3.63, 3.8) is 0 Å². The van der Waals surface area contributed by atoms with Gasteiger partial charge in [0.1, 0.15) is 0 Å². The Hall–Kier alpha value is -0.830. The van der Waals surface area contributed by atoms with Crippen molar-refractivity contribution in [1.82, 2.24) is 0 Å². The van der Waals surface area contributed by atoms with Gasteiger partial charge in [0.25, 0.3) is 0 Å². The van der Waals surface area contributed by atoms with E-state index in [-0.39, 0.29) is 10.7 Å². The molecule has 11 heavy (non-hydrogen) atoms. The first-order chi connectivity index (χ1) is 5.29. The van der Waals surface area contributed by atoms with Crippen molar-refractivity contribution < 1.29 is 0 Å². The lowest BCUT2D eigenvalue weighted by molar-refractivity contribution is 1.10. The Kier molecular flexibility index (Phi) is 1.46. The summed E-state index contributed by atoms with van der Waals surface area (Å²) in [7, 11) is 1.74. The zero-order valence-electron chi connectivity index (χ0n) is 6.37. The second-order valence-corrected chi connectivity index (χ2v) is 4.17. The van der Waals surface area contributed by atoms with E-state index in [0.29, 0.717) is 0 Å². The summed E-state index contributed by atoms with van der Waals surface area (Å²) in [5.74, 6) is 0.860. The zero-order valence-corrected chi connectivity index (χ0v) is 7.19. The summed E-state index contributed by atoms with van der Waals surface area (Å²) in [6.07, 6.45) is 0. The Morgan fingerprint density at radius 2 is 2.18 bits per heavy atom. The summed E-state index contributed by atoms with van der Waals surface area (Å²) < 4.78 is 7.73. The van der Waals surface area contributed by atoms with Gasteiger partial charge in [-0.1, -0.05) is 22.8 Å². The van der Waals surface area contributed by atoms with Crippen LogP contribution in [0.4, 0.5) is 5.69 Å².